The van der Waals surface area contributed by atoms with E-state index in [4.69, 9.17) is 18.2 Å². The molecule has 4 rings (SSSR count). The van der Waals surface area contributed by atoms with Gasteiger partial charge in [0.15, 0.2) is 0 Å². The van der Waals surface area contributed by atoms with E-state index in [9.17, 15) is 9.90 Å². The molecule has 1 atom stereocenters. The second kappa shape index (κ2) is 7.90. The maximum absolute atomic E-state index is 11.9. The number of benzene rings is 1. The lowest BCUT2D eigenvalue weighted by Crippen LogP contribution is -2.23. The van der Waals surface area contributed by atoms with E-state index in [1.54, 1.807) is 40.0 Å². The standard InChI is InChI=1S/C22H20ClN5O2/c1-13-21(14(2)28(26-13)15-6-8-18(24-3)17(23)11-15)22(30)19-9-7-16(12-25-19)27-10-4-5-20(27)29/h6-9,11-12,22,30H,4-5,10H2,1-2H3. The molecule has 3 heterocycles. The first-order valence-corrected chi connectivity index (χ1v) is 9.96. The Bertz CT molecular complexity index is 1160. The van der Waals surface area contributed by atoms with Crippen molar-refractivity contribution in [1.82, 2.24) is 14.8 Å². The summed E-state index contributed by atoms with van der Waals surface area (Å²) in [6.07, 6.45) is 2.07. The molecule has 0 aliphatic carbocycles. The first-order chi connectivity index (χ1) is 14.4. The molecule has 1 saturated heterocycles. The fourth-order valence-electron chi connectivity index (χ4n) is 3.81. The number of carbonyl (C=O) groups excluding carboxylic acids is 1. The van der Waals surface area contributed by atoms with Crippen LogP contribution in [0.5, 0.6) is 0 Å². The first-order valence-electron chi connectivity index (χ1n) is 9.58. The van der Waals surface area contributed by atoms with Crippen LogP contribution in [0, 0.1) is 20.4 Å². The van der Waals surface area contributed by atoms with E-state index in [2.05, 4.69) is 14.9 Å². The van der Waals surface area contributed by atoms with Crippen LogP contribution in [0.3, 0.4) is 0 Å². The highest BCUT2D eigenvalue weighted by molar-refractivity contribution is 6.33. The SMILES string of the molecule is [C-]#[N+]c1ccc(-n2nc(C)c(C(O)c3ccc(N4CCCC4=O)cn3)c2C)cc1Cl. The second-order valence-corrected chi connectivity index (χ2v) is 7.64. The number of aliphatic hydroxyl groups excluding tert-OH is 1. The van der Waals surface area contributed by atoms with Crippen molar-refractivity contribution in [2.45, 2.75) is 32.8 Å². The van der Waals surface area contributed by atoms with Crippen molar-refractivity contribution >= 4 is 28.9 Å². The summed E-state index contributed by atoms with van der Waals surface area (Å²) in [5.41, 5.74) is 4.41. The van der Waals surface area contributed by atoms with Crippen LogP contribution >= 0.6 is 11.6 Å². The molecule has 0 bridgehead atoms. The molecule has 1 aromatic carbocycles. The minimum Gasteiger partial charge on any atom is -0.382 e. The summed E-state index contributed by atoms with van der Waals surface area (Å²) >= 11 is 6.17. The minimum absolute atomic E-state index is 0.0981. The fourth-order valence-corrected chi connectivity index (χ4v) is 4.03. The van der Waals surface area contributed by atoms with Crippen LogP contribution in [0.2, 0.25) is 5.02 Å². The molecule has 1 aliphatic heterocycles. The Kier molecular flexibility index (Phi) is 5.29. The van der Waals surface area contributed by atoms with Gasteiger partial charge in [0, 0.05) is 29.2 Å². The average Bonchev–Trinajstić information content (AvgIpc) is 3.30. The molecule has 152 valence electrons. The van der Waals surface area contributed by atoms with Gasteiger partial charge >= 0.3 is 0 Å². The van der Waals surface area contributed by atoms with Gasteiger partial charge in [-0.3, -0.25) is 9.78 Å². The summed E-state index contributed by atoms with van der Waals surface area (Å²) in [6, 6.07) is 8.66. The van der Waals surface area contributed by atoms with Crippen molar-refractivity contribution in [2.75, 3.05) is 11.4 Å². The first kappa shape index (κ1) is 20.1. The van der Waals surface area contributed by atoms with Crippen LogP contribution in [0.25, 0.3) is 10.5 Å². The topological polar surface area (TPSA) is 75.6 Å². The van der Waals surface area contributed by atoms with Gasteiger partial charge in [-0.2, -0.15) is 5.10 Å². The number of carbonyl (C=O) groups is 1. The Balaban J connectivity index is 1.65. The number of amides is 1. The molecule has 1 amide bonds. The lowest BCUT2D eigenvalue weighted by Gasteiger charge is -2.17. The van der Waals surface area contributed by atoms with Gasteiger partial charge in [-0.25, -0.2) is 9.53 Å². The van der Waals surface area contributed by atoms with Crippen molar-refractivity contribution < 1.29 is 9.90 Å². The summed E-state index contributed by atoms with van der Waals surface area (Å²) in [4.78, 5) is 21.4. The Morgan fingerprint density at radius 1 is 1.23 bits per heavy atom. The van der Waals surface area contributed by atoms with Gasteiger partial charge in [0.1, 0.15) is 6.10 Å². The highest BCUT2D eigenvalue weighted by Crippen LogP contribution is 2.32. The smallest absolute Gasteiger partial charge is 0.227 e. The lowest BCUT2D eigenvalue weighted by atomic mass is 10.0. The molecule has 1 N–H and O–H groups in total. The van der Waals surface area contributed by atoms with Crippen molar-refractivity contribution in [2.24, 2.45) is 0 Å². The van der Waals surface area contributed by atoms with E-state index in [1.165, 1.54) is 0 Å². The number of halogens is 1. The Morgan fingerprint density at radius 2 is 2.00 bits per heavy atom. The number of hydrogen-bond donors (Lipinski definition) is 1. The van der Waals surface area contributed by atoms with Gasteiger partial charge in [-0.15, -0.1) is 0 Å². The quantitative estimate of drug-likeness (QED) is 0.637. The largest absolute Gasteiger partial charge is 0.382 e. The monoisotopic (exact) mass is 421 g/mol. The third kappa shape index (κ3) is 3.45. The Morgan fingerprint density at radius 3 is 2.60 bits per heavy atom. The van der Waals surface area contributed by atoms with Crippen molar-refractivity contribution in [1.29, 1.82) is 0 Å². The normalized spacial score (nSPS) is 14.8. The summed E-state index contributed by atoms with van der Waals surface area (Å²) < 4.78 is 1.70. The van der Waals surface area contributed by atoms with E-state index in [0.717, 1.165) is 17.8 Å². The van der Waals surface area contributed by atoms with E-state index in [0.29, 0.717) is 46.3 Å². The molecule has 7 nitrogen and oxygen atoms in total. The zero-order chi connectivity index (χ0) is 21.4. The van der Waals surface area contributed by atoms with Gasteiger partial charge in [0.2, 0.25) is 11.6 Å². The van der Waals surface area contributed by atoms with Crippen LogP contribution in [-0.4, -0.2) is 32.3 Å². The Labute approximate surface area is 179 Å². The predicted molar refractivity (Wildman–Crippen MR) is 114 cm³/mol. The summed E-state index contributed by atoms with van der Waals surface area (Å²) in [6.45, 7) is 11.5. The van der Waals surface area contributed by atoms with E-state index < -0.39 is 6.10 Å². The zero-order valence-corrected chi connectivity index (χ0v) is 17.4. The molecule has 0 radical (unpaired) electrons. The van der Waals surface area contributed by atoms with E-state index >= 15 is 0 Å². The number of aromatic nitrogens is 3. The van der Waals surface area contributed by atoms with Gasteiger partial charge in [0.05, 0.1) is 35.5 Å². The highest BCUT2D eigenvalue weighted by Gasteiger charge is 2.25. The third-order valence-electron chi connectivity index (χ3n) is 5.35. The number of nitrogens with zero attached hydrogens (tertiary/aromatic N) is 5. The van der Waals surface area contributed by atoms with Gasteiger partial charge < -0.3 is 10.0 Å². The van der Waals surface area contributed by atoms with Crippen molar-refractivity contribution in [3.63, 3.8) is 0 Å². The molecule has 1 fully saturated rings. The van der Waals surface area contributed by atoms with Crippen LogP contribution in [-0.2, 0) is 4.79 Å². The van der Waals surface area contributed by atoms with Gasteiger partial charge in [0.25, 0.3) is 0 Å². The van der Waals surface area contributed by atoms with Crippen LogP contribution < -0.4 is 4.90 Å². The van der Waals surface area contributed by atoms with Crippen LogP contribution in [0.4, 0.5) is 11.4 Å². The van der Waals surface area contributed by atoms with Crippen LogP contribution in [0.15, 0.2) is 36.5 Å². The molecule has 0 spiro atoms. The molecule has 0 saturated carbocycles. The molecule has 2 aromatic heterocycles. The molecule has 1 unspecified atom stereocenters. The highest BCUT2D eigenvalue weighted by atomic mass is 35.5. The van der Waals surface area contributed by atoms with Crippen molar-refractivity contribution in [3.05, 3.63) is 75.6 Å². The average molecular weight is 422 g/mol. The second-order valence-electron chi connectivity index (χ2n) is 7.24. The number of rotatable bonds is 4. The molecule has 3 aromatic rings. The molecule has 30 heavy (non-hydrogen) atoms. The van der Waals surface area contributed by atoms with E-state index in [-0.39, 0.29) is 5.91 Å². The summed E-state index contributed by atoms with van der Waals surface area (Å²) in [5, 5.41) is 15.9. The summed E-state index contributed by atoms with van der Waals surface area (Å²) in [7, 11) is 0. The molecule has 8 heteroatoms. The lowest BCUT2D eigenvalue weighted by molar-refractivity contribution is -0.117. The number of aryl methyl sites for hydroxylation is 1. The maximum atomic E-state index is 11.9. The predicted octanol–water partition coefficient (Wildman–Crippen LogP) is 4.30. The van der Waals surface area contributed by atoms with Crippen LogP contribution in [0.1, 0.15) is 41.6 Å². The van der Waals surface area contributed by atoms with E-state index in [1.807, 2.05) is 19.9 Å². The minimum atomic E-state index is -0.958. The zero-order valence-electron chi connectivity index (χ0n) is 16.6. The number of anilines is 1. The van der Waals surface area contributed by atoms with Gasteiger partial charge in [-0.05, 0) is 44.5 Å². The Hall–Kier alpha value is -3.21. The molecular weight excluding hydrogens is 402 g/mol. The number of hydrogen-bond acceptors (Lipinski definition) is 4. The maximum Gasteiger partial charge on any atom is 0.227 e. The fraction of sp³-hybridized carbons (Fsp3) is 0.273. The number of aliphatic hydroxyl groups is 1. The summed E-state index contributed by atoms with van der Waals surface area (Å²) in [5.74, 6) is 0.0981. The molecular formula is C22H20ClN5O2. The van der Waals surface area contributed by atoms with Crippen molar-refractivity contribution in [3.8, 4) is 5.69 Å². The van der Waals surface area contributed by atoms with Gasteiger partial charge in [-0.1, -0.05) is 17.7 Å². The molecule has 1 aliphatic rings. The number of pyridine rings is 1. The third-order valence-corrected chi connectivity index (χ3v) is 5.66.